The minimum atomic E-state index is 0.637. The van der Waals surface area contributed by atoms with Crippen LogP contribution < -0.4 is 5.32 Å². The first kappa shape index (κ1) is 12.4. The van der Waals surface area contributed by atoms with E-state index in [9.17, 15) is 0 Å². The van der Waals surface area contributed by atoms with E-state index in [2.05, 4.69) is 12.2 Å². The second-order valence-corrected chi connectivity index (χ2v) is 5.75. The number of hydrogen-bond acceptors (Lipinski definition) is 2. The number of nitrogens with one attached hydrogen (secondary N) is 1. The molecular weight excluding hydrogens is 198 g/mol. The van der Waals surface area contributed by atoms with Crippen molar-refractivity contribution in [3.8, 4) is 0 Å². The molecule has 1 saturated carbocycles. The summed E-state index contributed by atoms with van der Waals surface area (Å²) >= 11 is 0. The Morgan fingerprint density at radius 1 is 1.19 bits per heavy atom. The summed E-state index contributed by atoms with van der Waals surface area (Å²) in [6.07, 6.45) is 9.86. The summed E-state index contributed by atoms with van der Waals surface area (Å²) in [4.78, 5) is 0. The molecule has 0 aromatic carbocycles. The Morgan fingerprint density at radius 2 is 1.88 bits per heavy atom. The van der Waals surface area contributed by atoms with Gasteiger partial charge < -0.3 is 10.1 Å². The second-order valence-electron chi connectivity index (χ2n) is 5.75. The Balaban J connectivity index is 1.85. The standard InChI is InChI=1S/C14H27NO/c1-2-15-12-14(7-3-4-8-14)11-13-5-9-16-10-6-13/h13,15H,2-12H2,1H3. The van der Waals surface area contributed by atoms with Gasteiger partial charge in [0.25, 0.3) is 0 Å². The van der Waals surface area contributed by atoms with Crippen LogP contribution in [0.25, 0.3) is 0 Å². The molecule has 0 atom stereocenters. The second kappa shape index (κ2) is 6.02. The molecule has 2 heteroatoms. The summed E-state index contributed by atoms with van der Waals surface area (Å²) in [5.41, 5.74) is 0.637. The average Bonchev–Trinajstić information content (AvgIpc) is 2.77. The van der Waals surface area contributed by atoms with Crippen LogP contribution in [0.2, 0.25) is 0 Å². The van der Waals surface area contributed by atoms with Gasteiger partial charge in [-0.1, -0.05) is 19.8 Å². The van der Waals surface area contributed by atoms with Gasteiger partial charge in [-0.15, -0.1) is 0 Å². The van der Waals surface area contributed by atoms with E-state index in [1.807, 2.05) is 0 Å². The minimum absolute atomic E-state index is 0.637. The lowest BCUT2D eigenvalue weighted by atomic mass is 9.75. The number of hydrogen-bond donors (Lipinski definition) is 1. The van der Waals surface area contributed by atoms with Crippen LogP contribution in [-0.2, 0) is 4.74 Å². The fourth-order valence-corrected chi connectivity index (χ4v) is 3.53. The Bertz CT molecular complexity index is 193. The van der Waals surface area contributed by atoms with E-state index in [1.54, 1.807) is 0 Å². The van der Waals surface area contributed by atoms with Crippen molar-refractivity contribution in [2.45, 2.75) is 51.9 Å². The van der Waals surface area contributed by atoms with E-state index in [0.717, 1.165) is 25.7 Å². The maximum Gasteiger partial charge on any atom is 0.0468 e. The molecule has 0 amide bonds. The summed E-state index contributed by atoms with van der Waals surface area (Å²) in [7, 11) is 0. The highest BCUT2D eigenvalue weighted by molar-refractivity contribution is 4.89. The first-order valence-electron chi connectivity index (χ1n) is 7.13. The van der Waals surface area contributed by atoms with Crippen LogP contribution in [0.3, 0.4) is 0 Å². The van der Waals surface area contributed by atoms with Gasteiger partial charge in [0.1, 0.15) is 0 Å². The Hall–Kier alpha value is -0.0800. The molecule has 16 heavy (non-hydrogen) atoms. The Kier molecular flexibility index (Phi) is 4.66. The maximum atomic E-state index is 5.46. The Labute approximate surface area is 100 Å². The zero-order chi connectivity index (χ0) is 11.3. The molecule has 1 aliphatic carbocycles. The van der Waals surface area contributed by atoms with Crippen LogP contribution in [0.15, 0.2) is 0 Å². The highest BCUT2D eigenvalue weighted by atomic mass is 16.5. The lowest BCUT2D eigenvalue weighted by Gasteiger charge is -2.35. The van der Waals surface area contributed by atoms with Crippen LogP contribution >= 0.6 is 0 Å². The van der Waals surface area contributed by atoms with E-state index >= 15 is 0 Å². The molecule has 1 heterocycles. The molecule has 0 unspecified atom stereocenters. The molecule has 2 nitrogen and oxygen atoms in total. The normalized spacial score (nSPS) is 26.1. The van der Waals surface area contributed by atoms with Crippen molar-refractivity contribution in [3.05, 3.63) is 0 Å². The maximum absolute atomic E-state index is 5.46. The molecule has 2 aliphatic rings. The zero-order valence-corrected chi connectivity index (χ0v) is 10.8. The van der Waals surface area contributed by atoms with Gasteiger partial charge in [-0.25, -0.2) is 0 Å². The minimum Gasteiger partial charge on any atom is -0.381 e. The van der Waals surface area contributed by atoms with Crippen molar-refractivity contribution in [3.63, 3.8) is 0 Å². The Morgan fingerprint density at radius 3 is 2.50 bits per heavy atom. The van der Waals surface area contributed by atoms with Crippen molar-refractivity contribution in [2.24, 2.45) is 11.3 Å². The molecule has 0 bridgehead atoms. The topological polar surface area (TPSA) is 21.3 Å². The van der Waals surface area contributed by atoms with Crippen LogP contribution in [0, 0.1) is 11.3 Å². The van der Waals surface area contributed by atoms with E-state index in [-0.39, 0.29) is 0 Å². The quantitative estimate of drug-likeness (QED) is 0.776. The van der Waals surface area contributed by atoms with Gasteiger partial charge in [-0.05, 0) is 50.0 Å². The summed E-state index contributed by atoms with van der Waals surface area (Å²) in [6.45, 7) is 6.59. The summed E-state index contributed by atoms with van der Waals surface area (Å²) in [5.74, 6) is 0.936. The summed E-state index contributed by atoms with van der Waals surface area (Å²) in [5, 5.41) is 3.59. The fourth-order valence-electron chi connectivity index (χ4n) is 3.53. The van der Waals surface area contributed by atoms with Crippen molar-refractivity contribution in [1.29, 1.82) is 0 Å². The van der Waals surface area contributed by atoms with Gasteiger partial charge in [0.05, 0.1) is 0 Å². The van der Waals surface area contributed by atoms with Gasteiger partial charge in [-0.2, -0.15) is 0 Å². The van der Waals surface area contributed by atoms with E-state index in [4.69, 9.17) is 4.74 Å². The molecule has 1 N–H and O–H groups in total. The third-order valence-electron chi connectivity index (χ3n) is 4.48. The predicted molar refractivity (Wildman–Crippen MR) is 67.6 cm³/mol. The SMILES string of the molecule is CCNCC1(CC2CCOCC2)CCCC1. The van der Waals surface area contributed by atoms with Crippen LogP contribution in [-0.4, -0.2) is 26.3 Å². The highest BCUT2D eigenvalue weighted by Gasteiger charge is 2.35. The third kappa shape index (κ3) is 3.21. The molecule has 2 rings (SSSR count). The highest BCUT2D eigenvalue weighted by Crippen LogP contribution is 2.44. The average molecular weight is 225 g/mol. The van der Waals surface area contributed by atoms with Crippen LogP contribution in [0.5, 0.6) is 0 Å². The zero-order valence-electron chi connectivity index (χ0n) is 10.8. The number of rotatable bonds is 5. The fraction of sp³-hybridized carbons (Fsp3) is 1.00. The smallest absolute Gasteiger partial charge is 0.0468 e. The lowest BCUT2D eigenvalue weighted by molar-refractivity contribution is 0.0470. The molecule has 0 radical (unpaired) electrons. The molecular formula is C14H27NO. The molecule has 0 spiro atoms. The molecule has 2 fully saturated rings. The van der Waals surface area contributed by atoms with Gasteiger partial charge in [0.2, 0.25) is 0 Å². The summed E-state index contributed by atoms with van der Waals surface area (Å²) < 4.78 is 5.46. The predicted octanol–water partition coefficient (Wildman–Crippen LogP) is 2.97. The molecule has 94 valence electrons. The third-order valence-corrected chi connectivity index (χ3v) is 4.48. The summed E-state index contributed by atoms with van der Waals surface area (Å²) in [6, 6.07) is 0. The van der Waals surface area contributed by atoms with Gasteiger partial charge >= 0.3 is 0 Å². The van der Waals surface area contributed by atoms with E-state index in [0.29, 0.717) is 5.41 Å². The molecule has 1 saturated heterocycles. The number of ether oxygens (including phenoxy) is 1. The lowest BCUT2D eigenvalue weighted by Crippen LogP contribution is -2.35. The van der Waals surface area contributed by atoms with Crippen molar-refractivity contribution in [2.75, 3.05) is 26.3 Å². The van der Waals surface area contributed by atoms with Crippen molar-refractivity contribution < 1.29 is 4.74 Å². The van der Waals surface area contributed by atoms with Crippen LogP contribution in [0.4, 0.5) is 0 Å². The van der Waals surface area contributed by atoms with Gasteiger partial charge in [0.15, 0.2) is 0 Å². The van der Waals surface area contributed by atoms with Crippen molar-refractivity contribution >= 4 is 0 Å². The molecule has 1 aliphatic heterocycles. The van der Waals surface area contributed by atoms with Gasteiger partial charge in [-0.3, -0.25) is 0 Å². The van der Waals surface area contributed by atoms with Gasteiger partial charge in [0, 0.05) is 19.8 Å². The van der Waals surface area contributed by atoms with Crippen molar-refractivity contribution in [1.82, 2.24) is 5.32 Å². The first-order valence-corrected chi connectivity index (χ1v) is 7.13. The molecule has 0 aromatic rings. The molecule has 0 aromatic heterocycles. The monoisotopic (exact) mass is 225 g/mol. The van der Waals surface area contributed by atoms with E-state index < -0.39 is 0 Å². The largest absolute Gasteiger partial charge is 0.381 e. The van der Waals surface area contributed by atoms with Crippen LogP contribution in [0.1, 0.15) is 51.9 Å². The first-order chi connectivity index (χ1) is 7.85. The van der Waals surface area contributed by atoms with E-state index in [1.165, 1.54) is 51.5 Å².